The Hall–Kier alpha value is -2.43. The van der Waals surface area contributed by atoms with E-state index in [0.29, 0.717) is 24.8 Å². The summed E-state index contributed by atoms with van der Waals surface area (Å²) in [5, 5.41) is 19.2. The fraction of sp³-hybridized carbons (Fsp3) is 0.348. The zero-order valence-corrected chi connectivity index (χ0v) is 15.9. The van der Waals surface area contributed by atoms with E-state index < -0.39 is 5.97 Å². The fourth-order valence-corrected chi connectivity index (χ4v) is 3.17. The van der Waals surface area contributed by atoms with Crippen LogP contribution in [0.2, 0.25) is 0 Å². The second-order valence-corrected chi connectivity index (χ2v) is 6.68. The van der Waals surface area contributed by atoms with Crippen LogP contribution in [-0.2, 0) is 17.9 Å². The quantitative estimate of drug-likeness (QED) is 0.583. The third-order valence-corrected chi connectivity index (χ3v) is 4.73. The number of hydrogen-bond acceptors (Lipinski definition) is 3. The molecule has 0 unspecified atom stereocenters. The Balaban J connectivity index is 2.12. The first-order chi connectivity index (χ1) is 13.1. The van der Waals surface area contributed by atoms with Gasteiger partial charge in [-0.15, -0.1) is 0 Å². The van der Waals surface area contributed by atoms with E-state index in [4.69, 9.17) is 5.11 Å². The molecule has 0 saturated carbocycles. The molecule has 0 spiro atoms. The van der Waals surface area contributed by atoms with Gasteiger partial charge in [-0.1, -0.05) is 73.7 Å². The van der Waals surface area contributed by atoms with Crippen LogP contribution in [0.3, 0.4) is 0 Å². The van der Waals surface area contributed by atoms with Crippen LogP contribution < -0.4 is 0 Å². The molecule has 0 aromatic heterocycles. The number of carbonyl (C=O) groups is 1. The lowest BCUT2D eigenvalue weighted by Crippen LogP contribution is -2.37. The minimum absolute atomic E-state index is 0.0337. The second kappa shape index (κ2) is 11.3. The monoisotopic (exact) mass is 367 g/mol. The molecule has 0 fully saturated rings. The lowest BCUT2D eigenvalue weighted by Gasteiger charge is -2.30. The highest BCUT2D eigenvalue weighted by Gasteiger charge is 2.18. The first-order valence-corrected chi connectivity index (χ1v) is 9.49. The summed E-state index contributed by atoms with van der Waals surface area (Å²) in [5.41, 5.74) is 2.83. The van der Waals surface area contributed by atoms with Crippen LogP contribution >= 0.6 is 0 Å². The Kier molecular flexibility index (Phi) is 8.75. The second-order valence-electron chi connectivity index (χ2n) is 6.68. The van der Waals surface area contributed by atoms with Gasteiger partial charge in [0.2, 0.25) is 0 Å². The van der Waals surface area contributed by atoms with Crippen molar-refractivity contribution >= 4 is 5.97 Å². The number of benzene rings is 2. The summed E-state index contributed by atoms with van der Waals surface area (Å²) in [5.74, 6) is -0.858. The van der Waals surface area contributed by atoms with Crippen LogP contribution in [0.25, 0.3) is 0 Å². The average Bonchev–Trinajstić information content (AvgIpc) is 2.69. The molecule has 2 rings (SSSR count). The number of aliphatic hydroxyl groups is 1. The van der Waals surface area contributed by atoms with E-state index in [1.165, 1.54) is 11.1 Å². The first kappa shape index (κ1) is 20.9. The normalized spacial score (nSPS) is 12.9. The number of carboxylic acid groups (broad SMARTS) is 1. The first-order valence-electron chi connectivity index (χ1n) is 9.49. The van der Waals surface area contributed by atoms with E-state index in [-0.39, 0.29) is 12.6 Å². The summed E-state index contributed by atoms with van der Waals surface area (Å²) in [6.45, 7) is 3.37. The van der Waals surface area contributed by atoms with Gasteiger partial charge < -0.3 is 10.2 Å². The molecule has 0 amide bonds. The third kappa shape index (κ3) is 7.00. The maximum atomic E-state index is 11.2. The summed E-state index contributed by atoms with van der Waals surface area (Å²) < 4.78 is 0. The van der Waals surface area contributed by atoms with Gasteiger partial charge >= 0.3 is 5.97 Å². The molecule has 1 atom stereocenters. The number of rotatable bonds is 11. The highest BCUT2D eigenvalue weighted by molar-refractivity contribution is 5.86. The topological polar surface area (TPSA) is 60.8 Å². The zero-order chi connectivity index (χ0) is 19.5. The van der Waals surface area contributed by atoms with E-state index in [0.717, 1.165) is 13.1 Å². The summed E-state index contributed by atoms with van der Waals surface area (Å²) in [4.78, 5) is 13.4. The number of allylic oxidation sites excluding steroid dienone is 1. The molecule has 0 saturated heterocycles. The zero-order valence-electron chi connectivity index (χ0n) is 15.9. The van der Waals surface area contributed by atoms with Gasteiger partial charge in [-0.25, -0.2) is 4.79 Å². The van der Waals surface area contributed by atoms with Crippen LogP contribution in [0, 0.1) is 0 Å². The largest absolute Gasteiger partial charge is 0.478 e. The molecular formula is C23H29NO3. The van der Waals surface area contributed by atoms with Gasteiger partial charge in [-0.3, -0.25) is 4.90 Å². The van der Waals surface area contributed by atoms with Crippen molar-refractivity contribution in [1.29, 1.82) is 0 Å². The standard InChI is InChI=1S/C23H29NO3/c1-2-21(23(26)27)14-9-15-22(18-25)24(16-19-10-5-3-6-11-19)17-20-12-7-4-8-13-20/h3-8,10-14,22,25H,2,9,15-18H2,1H3,(H,26,27)/t22-/m1/s1. The van der Waals surface area contributed by atoms with Crippen molar-refractivity contribution in [2.45, 2.75) is 45.3 Å². The molecule has 0 aliphatic carbocycles. The smallest absolute Gasteiger partial charge is 0.331 e. The molecule has 2 aromatic rings. The highest BCUT2D eigenvalue weighted by Crippen LogP contribution is 2.17. The minimum Gasteiger partial charge on any atom is -0.478 e. The maximum Gasteiger partial charge on any atom is 0.331 e. The van der Waals surface area contributed by atoms with Crippen LogP contribution in [0.4, 0.5) is 0 Å². The SMILES string of the molecule is CCC(=CCC[C@H](CO)N(Cc1ccccc1)Cc1ccccc1)C(=O)O. The summed E-state index contributed by atoms with van der Waals surface area (Å²) in [7, 11) is 0. The van der Waals surface area contributed by atoms with Crippen molar-refractivity contribution < 1.29 is 15.0 Å². The van der Waals surface area contributed by atoms with E-state index >= 15 is 0 Å². The molecule has 2 aromatic carbocycles. The van der Waals surface area contributed by atoms with Crippen molar-refractivity contribution in [3.63, 3.8) is 0 Å². The van der Waals surface area contributed by atoms with E-state index in [1.54, 1.807) is 6.08 Å². The van der Waals surface area contributed by atoms with Gasteiger partial charge in [-0.05, 0) is 30.4 Å². The number of nitrogens with zero attached hydrogens (tertiary/aromatic N) is 1. The lowest BCUT2D eigenvalue weighted by molar-refractivity contribution is -0.132. The number of aliphatic hydroxyl groups excluding tert-OH is 1. The number of aliphatic carboxylic acids is 1. The fourth-order valence-electron chi connectivity index (χ4n) is 3.17. The average molecular weight is 367 g/mol. The molecule has 0 bridgehead atoms. The van der Waals surface area contributed by atoms with E-state index in [2.05, 4.69) is 29.2 Å². The van der Waals surface area contributed by atoms with Gasteiger partial charge in [-0.2, -0.15) is 0 Å². The Morgan fingerprint density at radius 3 is 1.93 bits per heavy atom. The predicted molar refractivity (Wildman–Crippen MR) is 108 cm³/mol. The van der Waals surface area contributed by atoms with E-state index in [1.807, 2.05) is 43.3 Å². The van der Waals surface area contributed by atoms with Crippen molar-refractivity contribution in [1.82, 2.24) is 4.90 Å². The molecule has 144 valence electrons. The Morgan fingerprint density at radius 1 is 1.00 bits per heavy atom. The molecule has 0 heterocycles. The Bertz CT molecular complexity index is 671. The van der Waals surface area contributed by atoms with Gasteiger partial charge in [0, 0.05) is 24.7 Å². The predicted octanol–water partition coefficient (Wildman–Crippen LogP) is 4.25. The van der Waals surface area contributed by atoms with Crippen LogP contribution in [-0.4, -0.2) is 33.7 Å². The summed E-state index contributed by atoms with van der Waals surface area (Å²) >= 11 is 0. The summed E-state index contributed by atoms with van der Waals surface area (Å²) in [6, 6.07) is 20.4. The van der Waals surface area contributed by atoms with Crippen molar-refractivity contribution in [2.24, 2.45) is 0 Å². The van der Waals surface area contributed by atoms with Crippen LogP contribution in [0.1, 0.15) is 37.3 Å². The van der Waals surface area contributed by atoms with Gasteiger partial charge in [0.05, 0.1) is 6.61 Å². The molecule has 27 heavy (non-hydrogen) atoms. The Labute approximate surface area is 161 Å². The van der Waals surface area contributed by atoms with Gasteiger partial charge in [0.25, 0.3) is 0 Å². The molecule has 2 N–H and O–H groups in total. The minimum atomic E-state index is -0.858. The Morgan fingerprint density at radius 2 is 1.52 bits per heavy atom. The molecule has 0 radical (unpaired) electrons. The van der Waals surface area contributed by atoms with Crippen molar-refractivity contribution in [3.8, 4) is 0 Å². The van der Waals surface area contributed by atoms with Crippen molar-refractivity contribution in [3.05, 3.63) is 83.4 Å². The lowest BCUT2D eigenvalue weighted by atomic mass is 10.0. The molecular weight excluding hydrogens is 338 g/mol. The van der Waals surface area contributed by atoms with Crippen LogP contribution in [0.5, 0.6) is 0 Å². The number of hydrogen-bond donors (Lipinski definition) is 2. The summed E-state index contributed by atoms with van der Waals surface area (Å²) in [6.07, 6.45) is 3.65. The molecule has 4 heteroatoms. The molecule has 4 nitrogen and oxygen atoms in total. The molecule has 0 aliphatic heterocycles. The van der Waals surface area contributed by atoms with Crippen LogP contribution in [0.15, 0.2) is 72.3 Å². The van der Waals surface area contributed by atoms with Gasteiger partial charge in [0.15, 0.2) is 0 Å². The maximum absolute atomic E-state index is 11.2. The third-order valence-electron chi connectivity index (χ3n) is 4.73. The van der Waals surface area contributed by atoms with Crippen molar-refractivity contribution in [2.75, 3.05) is 6.61 Å². The number of carboxylic acids is 1. The van der Waals surface area contributed by atoms with Gasteiger partial charge in [0.1, 0.15) is 0 Å². The van der Waals surface area contributed by atoms with E-state index in [9.17, 15) is 9.90 Å². The molecule has 0 aliphatic rings. The highest BCUT2D eigenvalue weighted by atomic mass is 16.4.